The van der Waals surface area contributed by atoms with Crippen LogP contribution >= 0.6 is 0 Å². The molecule has 0 bridgehead atoms. The van der Waals surface area contributed by atoms with Crippen molar-refractivity contribution in [2.24, 2.45) is 0 Å². The van der Waals surface area contributed by atoms with Crippen LogP contribution in [0, 0.1) is 0 Å². The third kappa shape index (κ3) is 6.48. The second-order valence-corrected chi connectivity index (χ2v) is 9.47. The Morgan fingerprint density at radius 1 is 0.824 bits per heavy atom. The van der Waals surface area contributed by atoms with E-state index in [-0.39, 0.29) is 43.5 Å². The summed E-state index contributed by atoms with van der Waals surface area (Å²) in [6, 6.07) is 12.9. The Balaban J connectivity index is 1.47. The summed E-state index contributed by atoms with van der Waals surface area (Å²) in [7, 11) is -3.72. The van der Waals surface area contributed by atoms with E-state index in [4.69, 9.17) is 14.2 Å². The first kappa shape index (κ1) is 25.5. The minimum absolute atomic E-state index is 0.0817. The van der Waals surface area contributed by atoms with Gasteiger partial charge in [-0.3, -0.25) is 4.79 Å². The van der Waals surface area contributed by atoms with Gasteiger partial charge >= 0.3 is 5.97 Å². The van der Waals surface area contributed by atoms with Gasteiger partial charge in [0.05, 0.1) is 36.7 Å². The minimum Gasteiger partial charge on any atom is -0.494 e. The first-order chi connectivity index (χ1) is 16.3. The number of carbonyl (C=O) groups excluding carboxylic acids is 2. The van der Waals surface area contributed by atoms with Crippen LogP contribution in [0.2, 0.25) is 0 Å². The topological polar surface area (TPSA) is 102 Å². The van der Waals surface area contributed by atoms with Crippen molar-refractivity contribution >= 4 is 21.9 Å². The molecule has 184 valence electrons. The molecule has 3 rings (SSSR count). The maximum Gasteiger partial charge on any atom is 0.338 e. The number of carbonyl (C=O) groups is 2. The number of rotatable bonds is 10. The van der Waals surface area contributed by atoms with Crippen LogP contribution in [0.3, 0.4) is 0 Å². The molecular weight excluding hydrogens is 460 g/mol. The van der Waals surface area contributed by atoms with Gasteiger partial charge in [-0.05, 0) is 62.4 Å². The number of sulfonamides is 1. The van der Waals surface area contributed by atoms with Crippen molar-refractivity contribution in [1.82, 2.24) is 9.21 Å². The lowest BCUT2D eigenvalue weighted by atomic mass is 10.2. The monoisotopic (exact) mass is 490 g/mol. The number of benzene rings is 2. The van der Waals surface area contributed by atoms with E-state index < -0.39 is 16.0 Å². The van der Waals surface area contributed by atoms with Crippen LogP contribution in [-0.4, -0.2) is 75.5 Å². The zero-order chi connectivity index (χ0) is 24.6. The van der Waals surface area contributed by atoms with Crippen LogP contribution in [0.1, 0.15) is 30.6 Å². The summed E-state index contributed by atoms with van der Waals surface area (Å²) >= 11 is 0. The van der Waals surface area contributed by atoms with Gasteiger partial charge in [0.1, 0.15) is 11.5 Å². The highest BCUT2D eigenvalue weighted by Gasteiger charge is 2.30. The van der Waals surface area contributed by atoms with Gasteiger partial charge in [0, 0.05) is 26.2 Å². The van der Waals surface area contributed by atoms with E-state index in [1.807, 2.05) is 19.1 Å². The number of hydrogen-bond donors (Lipinski definition) is 0. The van der Waals surface area contributed by atoms with Crippen molar-refractivity contribution in [3.8, 4) is 11.5 Å². The molecule has 0 spiro atoms. The van der Waals surface area contributed by atoms with Gasteiger partial charge in [-0.25, -0.2) is 13.2 Å². The SMILES string of the molecule is CCOC(=O)c1ccc(S(=O)(=O)N2CCN(C(=O)CCOc3ccc(OCC)cc3)CC2)cc1. The first-order valence-corrected chi connectivity index (χ1v) is 12.7. The summed E-state index contributed by atoms with van der Waals surface area (Å²) < 4.78 is 43.2. The molecule has 0 aromatic heterocycles. The maximum atomic E-state index is 12.9. The molecule has 0 N–H and O–H groups in total. The Bertz CT molecular complexity index is 1060. The fourth-order valence-corrected chi connectivity index (χ4v) is 4.94. The molecule has 9 nitrogen and oxygen atoms in total. The summed E-state index contributed by atoms with van der Waals surface area (Å²) in [6.45, 7) is 5.70. The summed E-state index contributed by atoms with van der Waals surface area (Å²) in [5.41, 5.74) is 0.295. The molecule has 1 aliphatic rings. The molecule has 2 aromatic carbocycles. The lowest BCUT2D eigenvalue weighted by Crippen LogP contribution is -2.50. The Morgan fingerprint density at radius 2 is 1.41 bits per heavy atom. The average molecular weight is 491 g/mol. The van der Waals surface area contributed by atoms with Gasteiger partial charge in [0.2, 0.25) is 15.9 Å². The Labute approximate surface area is 200 Å². The molecule has 1 aliphatic heterocycles. The quantitative estimate of drug-likeness (QED) is 0.472. The molecule has 1 amide bonds. The molecule has 1 heterocycles. The van der Waals surface area contributed by atoms with Crippen molar-refractivity contribution in [3.05, 3.63) is 54.1 Å². The normalized spacial score (nSPS) is 14.5. The van der Waals surface area contributed by atoms with Gasteiger partial charge in [-0.1, -0.05) is 0 Å². The highest BCUT2D eigenvalue weighted by Crippen LogP contribution is 2.20. The van der Waals surface area contributed by atoms with Gasteiger partial charge in [0.15, 0.2) is 0 Å². The van der Waals surface area contributed by atoms with E-state index in [9.17, 15) is 18.0 Å². The van der Waals surface area contributed by atoms with Crippen LogP contribution in [0.15, 0.2) is 53.4 Å². The van der Waals surface area contributed by atoms with E-state index in [0.29, 0.717) is 31.0 Å². The van der Waals surface area contributed by atoms with Crippen molar-refractivity contribution in [2.75, 3.05) is 46.0 Å². The van der Waals surface area contributed by atoms with Gasteiger partial charge < -0.3 is 19.1 Å². The molecule has 0 atom stereocenters. The van der Waals surface area contributed by atoms with Crippen molar-refractivity contribution in [2.45, 2.75) is 25.2 Å². The number of ether oxygens (including phenoxy) is 3. The molecule has 0 aliphatic carbocycles. The van der Waals surface area contributed by atoms with Crippen molar-refractivity contribution in [1.29, 1.82) is 0 Å². The van der Waals surface area contributed by atoms with E-state index in [2.05, 4.69) is 0 Å². The largest absolute Gasteiger partial charge is 0.494 e. The smallest absolute Gasteiger partial charge is 0.338 e. The van der Waals surface area contributed by atoms with E-state index >= 15 is 0 Å². The zero-order valence-electron chi connectivity index (χ0n) is 19.4. The molecule has 0 saturated carbocycles. The van der Waals surface area contributed by atoms with E-state index in [0.717, 1.165) is 5.75 Å². The number of amides is 1. The Hall–Kier alpha value is -3.11. The molecule has 0 radical (unpaired) electrons. The number of piperazine rings is 1. The number of esters is 1. The fourth-order valence-electron chi connectivity index (χ4n) is 3.52. The van der Waals surface area contributed by atoms with Crippen molar-refractivity contribution in [3.63, 3.8) is 0 Å². The summed E-state index contributed by atoms with van der Waals surface area (Å²) in [6.07, 6.45) is 0.204. The third-order valence-electron chi connectivity index (χ3n) is 5.31. The molecule has 34 heavy (non-hydrogen) atoms. The van der Waals surface area contributed by atoms with Crippen LogP contribution < -0.4 is 9.47 Å². The van der Waals surface area contributed by atoms with Gasteiger partial charge in [-0.15, -0.1) is 0 Å². The average Bonchev–Trinajstić information content (AvgIpc) is 2.85. The predicted octanol–water partition coefficient (Wildman–Crippen LogP) is 2.56. The van der Waals surface area contributed by atoms with Crippen LogP contribution in [0.25, 0.3) is 0 Å². The Kier molecular flexibility index (Phi) is 8.89. The lowest BCUT2D eigenvalue weighted by molar-refractivity contribution is -0.132. The fraction of sp³-hybridized carbons (Fsp3) is 0.417. The van der Waals surface area contributed by atoms with Crippen molar-refractivity contribution < 1.29 is 32.2 Å². The molecular formula is C24H30N2O7S. The first-order valence-electron chi connectivity index (χ1n) is 11.3. The van der Waals surface area contributed by atoms with Crippen LogP contribution in [0.4, 0.5) is 0 Å². The highest BCUT2D eigenvalue weighted by atomic mass is 32.2. The third-order valence-corrected chi connectivity index (χ3v) is 7.23. The van der Waals surface area contributed by atoms with Crippen LogP contribution in [-0.2, 0) is 19.6 Å². The summed E-state index contributed by atoms with van der Waals surface area (Å²) in [5.74, 6) is 0.835. The molecule has 2 aromatic rings. The summed E-state index contributed by atoms with van der Waals surface area (Å²) in [5, 5.41) is 0. The lowest BCUT2D eigenvalue weighted by Gasteiger charge is -2.34. The number of hydrogen-bond acceptors (Lipinski definition) is 7. The van der Waals surface area contributed by atoms with E-state index in [1.54, 1.807) is 24.0 Å². The Morgan fingerprint density at radius 3 is 1.97 bits per heavy atom. The predicted molar refractivity (Wildman–Crippen MR) is 125 cm³/mol. The van der Waals surface area contributed by atoms with Crippen LogP contribution in [0.5, 0.6) is 11.5 Å². The molecule has 1 saturated heterocycles. The minimum atomic E-state index is -3.72. The summed E-state index contributed by atoms with van der Waals surface area (Å²) in [4.78, 5) is 26.0. The van der Waals surface area contributed by atoms with E-state index in [1.165, 1.54) is 28.6 Å². The maximum absolute atomic E-state index is 12.9. The standard InChI is InChI=1S/C24H30N2O7S/c1-3-31-20-7-9-21(10-8-20)33-18-13-23(27)25-14-16-26(17-15-25)34(29,30)22-11-5-19(6-12-22)24(28)32-4-2/h5-12H,3-4,13-18H2,1-2H3. The second kappa shape index (κ2) is 11.8. The van der Waals surface area contributed by atoms with Gasteiger partial charge in [0.25, 0.3) is 0 Å². The molecule has 1 fully saturated rings. The molecule has 10 heteroatoms. The highest BCUT2D eigenvalue weighted by molar-refractivity contribution is 7.89. The van der Waals surface area contributed by atoms with Gasteiger partial charge in [-0.2, -0.15) is 4.31 Å². The number of nitrogens with zero attached hydrogens (tertiary/aromatic N) is 2. The molecule has 0 unspecified atom stereocenters. The second-order valence-electron chi connectivity index (χ2n) is 7.53. The zero-order valence-corrected chi connectivity index (χ0v) is 20.3.